The molecule has 27 heavy (non-hydrogen) atoms. The van der Waals surface area contributed by atoms with Gasteiger partial charge in [-0.25, -0.2) is 4.39 Å². The van der Waals surface area contributed by atoms with Crippen molar-refractivity contribution in [3.63, 3.8) is 0 Å². The first-order chi connectivity index (χ1) is 13.1. The molecule has 1 saturated carbocycles. The molecule has 3 rings (SSSR count). The Labute approximate surface area is 162 Å². The fraction of sp³-hybridized carbons (Fsp3) is 0.400. The summed E-state index contributed by atoms with van der Waals surface area (Å²) in [7, 11) is 1.47. The standard InChI is InChI=1S/C20H23FN2O3S/c1-26-14-20(25)23(17-8-9-17)13-19(24)22(12-18-3-2-10-27-18)11-15-4-6-16(21)7-5-15/h2-7,10,17H,8-9,11-14H2,1H3. The molecule has 5 nitrogen and oxygen atoms in total. The predicted octanol–water partition coefficient (Wildman–Crippen LogP) is 3.05. The van der Waals surface area contributed by atoms with Gasteiger partial charge in [-0.2, -0.15) is 0 Å². The zero-order valence-electron chi connectivity index (χ0n) is 15.3. The number of methoxy groups -OCH3 is 1. The van der Waals surface area contributed by atoms with Gasteiger partial charge in [0.1, 0.15) is 19.0 Å². The Morgan fingerprint density at radius 2 is 1.89 bits per heavy atom. The number of carbonyl (C=O) groups excluding carboxylic acids is 2. The molecule has 0 saturated heterocycles. The average Bonchev–Trinajstić information content (AvgIpc) is 3.36. The number of benzene rings is 1. The van der Waals surface area contributed by atoms with Gasteiger partial charge in [-0.05, 0) is 42.0 Å². The molecule has 0 bridgehead atoms. The van der Waals surface area contributed by atoms with Crippen LogP contribution in [0.2, 0.25) is 0 Å². The van der Waals surface area contributed by atoms with Crippen molar-refractivity contribution in [1.29, 1.82) is 0 Å². The van der Waals surface area contributed by atoms with Gasteiger partial charge in [-0.1, -0.05) is 18.2 Å². The zero-order valence-corrected chi connectivity index (χ0v) is 16.1. The lowest BCUT2D eigenvalue weighted by molar-refractivity contribution is -0.143. The maximum absolute atomic E-state index is 13.2. The number of thiophene rings is 1. The monoisotopic (exact) mass is 390 g/mol. The average molecular weight is 390 g/mol. The fourth-order valence-electron chi connectivity index (χ4n) is 2.89. The van der Waals surface area contributed by atoms with Crippen molar-refractivity contribution in [3.05, 3.63) is 58.0 Å². The molecule has 1 aromatic carbocycles. The van der Waals surface area contributed by atoms with E-state index in [0.717, 1.165) is 23.3 Å². The maximum atomic E-state index is 13.2. The maximum Gasteiger partial charge on any atom is 0.249 e. The topological polar surface area (TPSA) is 49.9 Å². The third kappa shape index (κ3) is 5.61. The van der Waals surface area contributed by atoms with Crippen molar-refractivity contribution in [1.82, 2.24) is 9.80 Å². The van der Waals surface area contributed by atoms with Crippen LogP contribution in [-0.4, -0.2) is 47.9 Å². The van der Waals surface area contributed by atoms with Crippen molar-refractivity contribution in [2.24, 2.45) is 0 Å². The van der Waals surface area contributed by atoms with E-state index in [2.05, 4.69) is 0 Å². The smallest absolute Gasteiger partial charge is 0.249 e. The molecule has 1 aromatic heterocycles. The number of nitrogens with zero attached hydrogens (tertiary/aromatic N) is 2. The van der Waals surface area contributed by atoms with Crippen LogP contribution in [0.4, 0.5) is 4.39 Å². The Morgan fingerprint density at radius 1 is 1.15 bits per heavy atom. The number of carbonyl (C=O) groups is 2. The van der Waals surface area contributed by atoms with Crippen LogP contribution < -0.4 is 0 Å². The highest BCUT2D eigenvalue weighted by atomic mass is 32.1. The molecule has 0 N–H and O–H groups in total. The van der Waals surface area contributed by atoms with Crippen LogP contribution in [0.25, 0.3) is 0 Å². The van der Waals surface area contributed by atoms with Crippen LogP contribution >= 0.6 is 11.3 Å². The predicted molar refractivity (Wildman–Crippen MR) is 102 cm³/mol. The first kappa shape index (κ1) is 19.5. The summed E-state index contributed by atoms with van der Waals surface area (Å²) in [4.78, 5) is 29.7. The Hall–Kier alpha value is -2.25. The summed E-state index contributed by atoms with van der Waals surface area (Å²) in [6.07, 6.45) is 1.84. The molecule has 1 aliphatic carbocycles. The fourth-order valence-corrected chi connectivity index (χ4v) is 3.61. The minimum atomic E-state index is -0.306. The molecular formula is C20H23FN2O3S. The summed E-state index contributed by atoms with van der Waals surface area (Å²) < 4.78 is 18.1. The zero-order chi connectivity index (χ0) is 19.2. The van der Waals surface area contributed by atoms with Gasteiger partial charge in [-0.15, -0.1) is 11.3 Å². The van der Waals surface area contributed by atoms with Crippen molar-refractivity contribution in [2.45, 2.75) is 32.0 Å². The van der Waals surface area contributed by atoms with Crippen LogP contribution in [-0.2, 0) is 27.4 Å². The highest BCUT2D eigenvalue weighted by molar-refractivity contribution is 7.09. The van der Waals surface area contributed by atoms with Crippen LogP contribution in [0.1, 0.15) is 23.3 Å². The van der Waals surface area contributed by atoms with Crippen molar-refractivity contribution in [3.8, 4) is 0 Å². The molecule has 0 unspecified atom stereocenters. The summed E-state index contributed by atoms with van der Waals surface area (Å²) in [6, 6.07) is 10.2. The molecule has 2 amide bonds. The lowest BCUT2D eigenvalue weighted by Crippen LogP contribution is -2.44. The third-order valence-electron chi connectivity index (χ3n) is 4.45. The number of amides is 2. The molecule has 0 radical (unpaired) electrons. The number of hydrogen-bond donors (Lipinski definition) is 0. The van der Waals surface area contributed by atoms with Gasteiger partial charge in [0, 0.05) is 24.6 Å². The lowest BCUT2D eigenvalue weighted by atomic mass is 10.2. The van der Waals surface area contributed by atoms with Gasteiger partial charge >= 0.3 is 0 Å². The molecular weight excluding hydrogens is 367 g/mol. The van der Waals surface area contributed by atoms with E-state index in [-0.39, 0.29) is 36.8 Å². The number of hydrogen-bond acceptors (Lipinski definition) is 4. The number of ether oxygens (including phenoxy) is 1. The molecule has 0 spiro atoms. The Bertz CT molecular complexity index is 760. The van der Waals surface area contributed by atoms with Gasteiger partial charge in [0.25, 0.3) is 0 Å². The molecule has 2 aromatic rings. The molecule has 7 heteroatoms. The van der Waals surface area contributed by atoms with Crippen LogP contribution in [0.3, 0.4) is 0 Å². The summed E-state index contributed by atoms with van der Waals surface area (Å²) in [6.45, 7) is 0.852. The highest BCUT2D eigenvalue weighted by Crippen LogP contribution is 2.27. The van der Waals surface area contributed by atoms with Crippen molar-refractivity contribution in [2.75, 3.05) is 20.3 Å². The van der Waals surface area contributed by atoms with Crippen LogP contribution in [0, 0.1) is 5.82 Å². The quantitative estimate of drug-likeness (QED) is 0.661. The first-order valence-corrected chi connectivity index (χ1v) is 9.78. The summed E-state index contributed by atoms with van der Waals surface area (Å²) in [5.41, 5.74) is 0.850. The normalized spacial score (nSPS) is 13.4. The van der Waals surface area contributed by atoms with Crippen LogP contribution in [0.15, 0.2) is 41.8 Å². The van der Waals surface area contributed by atoms with Gasteiger partial charge in [0.05, 0.1) is 6.54 Å². The van der Waals surface area contributed by atoms with E-state index < -0.39 is 0 Å². The number of halogens is 1. The Balaban J connectivity index is 1.72. The summed E-state index contributed by atoms with van der Waals surface area (Å²) in [5, 5.41) is 1.97. The van der Waals surface area contributed by atoms with E-state index in [0.29, 0.717) is 13.1 Å². The minimum absolute atomic E-state index is 0.0212. The summed E-state index contributed by atoms with van der Waals surface area (Å²) >= 11 is 1.58. The van der Waals surface area contributed by atoms with E-state index in [1.165, 1.54) is 19.2 Å². The second-order valence-corrected chi connectivity index (χ2v) is 7.67. The first-order valence-electron chi connectivity index (χ1n) is 8.90. The van der Waals surface area contributed by atoms with Gasteiger partial charge in [0.15, 0.2) is 0 Å². The second-order valence-electron chi connectivity index (χ2n) is 6.64. The Morgan fingerprint density at radius 3 is 2.48 bits per heavy atom. The van der Waals surface area contributed by atoms with Crippen LogP contribution in [0.5, 0.6) is 0 Å². The van der Waals surface area contributed by atoms with Gasteiger partial charge in [-0.3, -0.25) is 9.59 Å². The molecule has 0 atom stereocenters. The Kier molecular flexibility index (Phi) is 6.58. The highest BCUT2D eigenvalue weighted by Gasteiger charge is 2.34. The van der Waals surface area contributed by atoms with Crippen molar-refractivity contribution < 1.29 is 18.7 Å². The van der Waals surface area contributed by atoms with Gasteiger partial charge in [0.2, 0.25) is 11.8 Å². The minimum Gasteiger partial charge on any atom is -0.375 e. The van der Waals surface area contributed by atoms with E-state index >= 15 is 0 Å². The molecule has 1 heterocycles. The SMILES string of the molecule is COCC(=O)N(CC(=O)N(Cc1ccc(F)cc1)Cc1cccs1)C1CC1. The van der Waals surface area contributed by atoms with E-state index in [1.54, 1.807) is 33.3 Å². The molecule has 1 aliphatic rings. The van der Waals surface area contributed by atoms with Gasteiger partial charge < -0.3 is 14.5 Å². The molecule has 144 valence electrons. The third-order valence-corrected chi connectivity index (χ3v) is 5.31. The second kappa shape index (κ2) is 9.10. The lowest BCUT2D eigenvalue weighted by Gasteiger charge is -2.27. The van der Waals surface area contributed by atoms with E-state index in [9.17, 15) is 14.0 Å². The van der Waals surface area contributed by atoms with E-state index in [1.807, 2.05) is 17.5 Å². The number of rotatable bonds is 9. The molecule has 0 aliphatic heterocycles. The molecule has 1 fully saturated rings. The van der Waals surface area contributed by atoms with Crippen molar-refractivity contribution >= 4 is 23.2 Å². The summed E-state index contributed by atoms with van der Waals surface area (Å²) in [5.74, 6) is -0.588. The van der Waals surface area contributed by atoms with E-state index in [4.69, 9.17) is 4.74 Å². The largest absolute Gasteiger partial charge is 0.375 e.